The lowest BCUT2D eigenvalue weighted by molar-refractivity contribution is 0.346. The molecule has 1 aliphatic heterocycles. The molecule has 2 rings (SSSR count). The highest BCUT2D eigenvalue weighted by molar-refractivity contribution is 5.90. The Morgan fingerprint density at radius 3 is 2.81 bits per heavy atom. The number of anilines is 1. The largest absolute Gasteiger partial charge is 0.463 e. The first kappa shape index (κ1) is 11.0. The summed E-state index contributed by atoms with van der Waals surface area (Å²) in [7, 11) is 0. The van der Waals surface area contributed by atoms with Gasteiger partial charge in [-0.15, -0.1) is 0 Å². The Bertz CT molecular complexity index is 399. The minimum atomic E-state index is 0.656. The lowest BCUT2D eigenvalue weighted by Crippen LogP contribution is -2.13. The van der Waals surface area contributed by atoms with Crippen LogP contribution in [0.25, 0.3) is 0 Å². The summed E-state index contributed by atoms with van der Waals surface area (Å²) in [5.74, 6) is 0. The van der Waals surface area contributed by atoms with E-state index in [0.29, 0.717) is 12.6 Å². The maximum absolute atomic E-state index is 5.37. The van der Waals surface area contributed by atoms with Crippen LogP contribution in [0.4, 0.5) is 5.69 Å². The minimum absolute atomic E-state index is 0.656. The van der Waals surface area contributed by atoms with Crippen LogP contribution in [-0.4, -0.2) is 19.2 Å². The van der Waals surface area contributed by atoms with Crippen molar-refractivity contribution < 1.29 is 4.74 Å². The fourth-order valence-corrected chi connectivity index (χ4v) is 2.03. The first-order chi connectivity index (χ1) is 7.85. The van der Waals surface area contributed by atoms with Crippen LogP contribution in [0.1, 0.15) is 25.0 Å². The van der Waals surface area contributed by atoms with E-state index in [-0.39, 0.29) is 0 Å². The van der Waals surface area contributed by atoms with Crippen molar-refractivity contribution in [1.82, 2.24) is 0 Å². The van der Waals surface area contributed by atoms with Crippen molar-refractivity contribution in [2.75, 3.05) is 18.5 Å². The fraction of sp³-hybridized carbons (Fsp3) is 0.462. The number of hydrogen-bond donors (Lipinski definition) is 1. The minimum Gasteiger partial charge on any atom is -0.463 e. The summed E-state index contributed by atoms with van der Waals surface area (Å²) in [5.41, 5.74) is 3.89. The second-order valence-corrected chi connectivity index (χ2v) is 3.81. The standard InChI is InChI=1S/C13H18N2O/c1-3-10-6-5-7-12(11(10)4-2)15-13-14-8-9-16-13/h5-7H,3-4,8-9H2,1-2H3,(H,14,15). The topological polar surface area (TPSA) is 33.6 Å². The Morgan fingerprint density at radius 2 is 2.19 bits per heavy atom. The Labute approximate surface area is 96.5 Å². The average molecular weight is 218 g/mol. The molecule has 3 nitrogen and oxygen atoms in total. The van der Waals surface area contributed by atoms with Crippen LogP contribution < -0.4 is 5.32 Å². The molecule has 0 unspecified atom stereocenters. The molecular weight excluding hydrogens is 200 g/mol. The summed E-state index contributed by atoms with van der Waals surface area (Å²) in [6.07, 6.45) is 2.09. The average Bonchev–Trinajstić information content (AvgIpc) is 2.81. The van der Waals surface area contributed by atoms with E-state index in [4.69, 9.17) is 4.74 Å². The molecule has 3 heteroatoms. The number of nitrogens with one attached hydrogen (secondary N) is 1. The Balaban J connectivity index is 2.25. The van der Waals surface area contributed by atoms with Gasteiger partial charge in [0.1, 0.15) is 6.61 Å². The van der Waals surface area contributed by atoms with Crippen molar-refractivity contribution in [3.8, 4) is 0 Å². The highest BCUT2D eigenvalue weighted by atomic mass is 16.5. The van der Waals surface area contributed by atoms with Gasteiger partial charge in [-0.2, -0.15) is 0 Å². The lowest BCUT2D eigenvalue weighted by Gasteiger charge is -2.13. The Kier molecular flexibility index (Phi) is 3.44. The zero-order chi connectivity index (χ0) is 11.4. The Hall–Kier alpha value is -1.51. The molecule has 1 aliphatic rings. The second kappa shape index (κ2) is 5.01. The summed E-state index contributed by atoms with van der Waals surface area (Å²) >= 11 is 0. The van der Waals surface area contributed by atoms with Gasteiger partial charge < -0.3 is 10.1 Å². The van der Waals surface area contributed by atoms with E-state index in [1.165, 1.54) is 11.1 Å². The molecule has 0 atom stereocenters. The summed E-state index contributed by atoms with van der Waals surface area (Å²) in [5, 5.41) is 3.26. The molecule has 0 radical (unpaired) electrons. The molecule has 0 spiro atoms. The van der Waals surface area contributed by atoms with Gasteiger partial charge in [0, 0.05) is 5.69 Å². The van der Waals surface area contributed by atoms with Gasteiger partial charge in [-0.1, -0.05) is 26.0 Å². The van der Waals surface area contributed by atoms with Crippen LogP contribution in [0.5, 0.6) is 0 Å². The molecule has 0 fully saturated rings. The summed E-state index contributed by atoms with van der Waals surface area (Å²) < 4.78 is 5.37. The molecule has 1 aromatic carbocycles. The van der Waals surface area contributed by atoms with E-state index in [1.54, 1.807) is 0 Å². The summed E-state index contributed by atoms with van der Waals surface area (Å²) in [4.78, 5) is 4.25. The van der Waals surface area contributed by atoms with Crippen LogP contribution >= 0.6 is 0 Å². The quantitative estimate of drug-likeness (QED) is 0.846. The number of benzene rings is 1. The van der Waals surface area contributed by atoms with Gasteiger partial charge in [-0.3, -0.25) is 0 Å². The van der Waals surface area contributed by atoms with Crippen LogP contribution in [0.3, 0.4) is 0 Å². The van der Waals surface area contributed by atoms with Crippen LogP contribution in [0.2, 0.25) is 0 Å². The number of aryl methyl sites for hydroxylation is 1. The van der Waals surface area contributed by atoms with Crippen molar-refractivity contribution in [2.24, 2.45) is 4.99 Å². The molecular formula is C13H18N2O. The number of ether oxygens (including phenoxy) is 1. The lowest BCUT2D eigenvalue weighted by atomic mass is 10.0. The number of hydrogen-bond acceptors (Lipinski definition) is 3. The molecule has 1 heterocycles. The number of amidine groups is 1. The molecule has 0 amide bonds. The predicted octanol–water partition coefficient (Wildman–Crippen LogP) is 2.61. The maximum atomic E-state index is 5.37. The van der Waals surface area contributed by atoms with Crippen molar-refractivity contribution in [3.05, 3.63) is 29.3 Å². The third kappa shape index (κ3) is 2.18. The van der Waals surface area contributed by atoms with Crippen molar-refractivity contribution in [2.45, 2.75) is 26.7 Å². The fourth-order valence-electron chi connectivity index (χ4n) is 2.03. The normalized spacial score (nSPS) is 14.5. The van der Waals surface area contributed by atoms with Gasteiger partial charge in [0.05, 0.1) is 6.54 Å². The SMILES string of the molecule is CCc1cccc(NC2=NCCO2)c1CC. The highest BCUT2D eigenvalue weighted by Crippen LogP contribution is 2.21. The van der Waals surface area contributed by atoms with Gasteiger partial charge in [-0.25, -0.2) is 4.99 Å². The van der Waals surface area contributed by atoms with Crippen LogP contribution in [0.15, 0.2) is 23.2 Å². The van der Waals surface area contributed by atoms with Crippen LogP contribution in [0, 0.1) is 0 Å². The van der Waals surface area contributed by atoms with Crippen LogP contribution in [-0.2, 0) is 17.6 Å². The monoisotopic (exact) mass is 218 g/mol. The summed E-state index contributed by atoms with van der Waals surface area (Å²) in [6.45, 7) is 5.81. The maximum Gasteiger partial charge on any atom is 0.289 e. The van der Waals surface area contributed by atoms with E-state index >= 15 is 0 Å². The van der Waals surface area contributed by atoms with Gasteiger partial charge in [0.2, 0.25) is 0 Å². The van der Waals surface area contributed by atoms with E-state index in [2.05, 4.69) is 42.4 Å². The molecule has 0 saturated heterocycles. The molecule has 0 bridgehead atoms. The summed E-state index contributed by atoms with van der Waals surface area (Å²) in [6, 6.07) is 7.00. The third-order valence-corrected chi connectivity index (χ3v) is 2.83. The second-order valence-electron chi connectivity index (χ2n) is 3.81. The van der Waals surface area contributed by atoms with E-state index in [1.807, 2.05) is 0 Å². The third-order valence-electron chi connectivity index (χ3n) is 2.83. The molecule has 1 N–H and O–H groups in total. The van der Waals surface area contributed by atoms with E-state index in [9.17, 15) is 0 Å². The molecule has 86 valence electrons. The van der Waals surface area contributed by atoms with Gasteiger partial charge >= 0.3 is 0 Å². The number of rotatable bonds is 3. The molecule has 0 aromatic heterocycles. The first-order valence-electron chi connectivity index (χ1n) is 5.90. The predicted molar refractivity (Wildman–Crippen MR) is 67.1 cm³/mol. The van der Waals surface area contributed by atoms with Gasteiger partial charge in [0.15, 0.2) is 0 Å². The smallest absolute Gasteiger partial charge is 0.289 e. The van der Waals surface area contributed by atoms with Crippen molar-refractivity contribution in [1.29, 1.82) is 0 Å². The first-order valence-corrected chi connectivity index (χ1v) is 5.90. The Morgan fingerprint density at radius 1 is 1.31 bits per heavy atom. The molecule has 1 aromatic rings. The van der Waals surface area contributed by atoms with E-state index < -0.39 is 0 Å². The van der Waals surface area contributed by atoms with Gasteiger partial charge in [0.25, 0.3) is 6.02 Å². The van der Waals surface area contributed by atoms with Crippen molar-refractivity contribution in [3.63, 3.8) is 0 Å². The molecule has 16 heavy (non-hydrogen) atoms. The van der Waals surface area contributed by atoms with Crippen molar-refractivity contribution >= 4 is 11.7 Å². The number of aliphatic imine (C=N–C) groups is 1. The van der Waals surface area contributed by atoms with Gasteiger partial charge in [-0.05, 0) is 30.0 Å². The zero-order valence-corrected chi connectivity index (χ0v) is 9.92. The molecule has 0 saturated carbocycles. The molecule has 0 aliphatic carbocycles. The highest BCUT2D eigenvalue weighted by Gasteiger charge is 2.10. The zero-order valence-electron chi connectivity index (χ0n) is 9.92. The number of nitrogens with zero attached hydrogens (tertiary/aromatic N) is 1. The van der Waals surface area contributed by atoms with E-state index in [0.717, 1.165) is 25.1 Å².